The van der Waals surface area contributed by atoms with Gasteiger partial charge in [0.2, 0.25) is 17.8 Å². The van der Waals surface area contributed by atoms with Crippen LogP contribution in [0.15, 0.2) is 73.1 Å². The predicted octanol–water partition coefficient (Wildman–Crippen LogP) is 3.72. The monoisotopic (exact) mass is 571 g/mol. The summed E-state index contributed by atoms with van der Waals surface area (Å²) < 4.78 is 41.5. The normalized spacial score (nSPS) is 11.7. The number of anilines is 1. The quantitative estimate of drug-likeness (QED) is 0.160. The number of rotatable bonds is 13. The lowest BCUT2D eigenvalue weighted by Crippen LogP contribution is -2.39. The molecule has 0 radical (unpaired) electrons. The third-order valence-corrected chi connectivity index (χ3v) is 5.69. The van der Waals surface area contributed by atoms with Gasteiger partial charge in [0.15, 0.2) is 0 Å². The Morgan fingerprint density at radius 1 is 0.829 bits per heavy atom. The van der Waals surface area contributed by atoms with E-state index in [0.29, 0.717) is 30.9 Å². The molecule has 0 aliphatic rings. The number of unbranched alkanes of at least 4 members (excludes halogenated alkanes) is 1. The number of amides is 2. The molecule has 0 aliphatic heterocycles. The molecular weight excluding hydrogens is 543 g/mol. The van der Waals surface area contributed by atoms with Gasteiger partial charge >= 0.3 is 18.1 Å². The topological polar surface area (TPSA) is 139 Å². The van der Waals surface area contributed by atoms with E-state index in [-0.39, 0.29) is 12.3 Å². The number of aromatic nitrogens is 2. The van der Waals surface area contributed by atoms with Crippen molar-refractivity contribution in [2.24, 2.45) is 0 Å². The van der Waals surface area contributed by atoms with Crippen LogP contribution in [0.3, 0.4) is 0 Å². The maximum absolute atomic E-state index is 12.6. The highest BCUT2D eigenvalue weighted by atomic mass is 19.4. The third kappa shape index (κ3) is 10.7. The summed E-state index contributed by atoms with van der Waals surface area (Å²) in [5, 5.41) is 8.00. The van der Waals surface area contributed by atoms with Crippen molar-refractivity contribution < 1.29 is 37.1 Å². The molecule has 0 fully saturated rings. The van der Waals surface area contributed by atoms with E-state index in [1.54, 1.807) is 42.7 Å². The van der Waals surface area contributed by atoms with E-state index in [1.807, 2.05) is 30.3 Å². The van der Waals surface area contributed by atoms with Gasteiger partial charge in [0.05, 0.1) is 19.0 Å². The summed E-state index contributed by atoms with van der Waals surface area (Å²) in [5.74, 6) is -4.71. The molecule has 3 aromatic rings. The number of esters is 2. The molecule has 3 rings (SSSR count). The number of hydrogen-bond donors (Lipinski definition) is 3. The summed E-state index contributed by atoms with van der Waals surface area (Å²) in [4.78, 5) is 55.9. The molecule has 0 spiro atoms. The highest BCUT2D eigenvalue weighted by molar-refractivity contribution is 5.89. The van der Waals surface area contributed by atoms with Gasteiger partial charge in [-0.3, -0.25) is 14.4 Å². The molecule has 0 aliphatic carbocycles. The number of hydrogen-bond acceptors (Lipinski definition) is 8. The molecule has 1 atom stereocenters. The van der Waals surface area contributed by atoms with Crippen LogP contribution in [-0.4, -0.2) is 53.0 Å². The fourth-order valence-electron chi connectivity index (χ4n) is 3.67. The second kappa shape index (κ2) is 15.1. The van der Waals surface area contributed by atoms with Gasteiger partial charge in [-0.25, -0.2) is 14.8 Å². The van der Waals surface area contributed by atoms with Crippen molar-refractivity contribution in [2.75, 3.05) is 18.4 Å². The lowest BCUT2D eigenvalue weighted by Gasteiger charge is -2.19. The van der Waals surface area contributed by atoms with Gasteiger partial charge in [-0.15, -0.1) is 0 Å². The molecule has 216 valence electrons. The van der Waals surface area contributed by atoms with Crippen LogP contribution < -0.4 is 16.0 Å². The standard InChI is InChI=1S/C28H28F3N5O5/c29-28(30,31)26(40)41-25(39)17-22(21-12-10-20(11-13-21)19-7-2-1-3-8-19)36-24(38)18-35-23(37)9-4-5-14-32-27-33-15-6-16-34-27/h1-3,6-8,10-13,15-16,22H,4-5,9,14,17-18H2,(H,35,37)(H,36,38)(H,32,33,34). The molecule has 2 amide bonds. The van der Waals surface area contributed by atoms with Crippen molar-refractivity contribution >= 4 is 29.7 Å². The zero-order valence-electron chi connectivity index (χ0n) is 21.8. The van der Waals surface area contributed by atoms with Crippen LogP contribution in [0, 0.1) is 0 Å². The Morgan fingerprint density at radius 3 is 2.15 bits per heavy atom. The molecule has 0 saturated heterocycles. The molecule has 1 aromatic heterocycles. The molecule has 0 bridgehead atoms. The first-order chi connectivity index (χ1) is 19.6. The van der Waals surface area contributed by atoms with Gasteiger partial charge < -0.3 is 20.7 Å². The van der Waals surface area contributed by atoms with Crippen molar-refractivity contribution in [3.05, 3.63) is 78.6 Å². The number of benzene rings is 2. The molecular formula is C28H28F3N5O5. The molecule has 2 aromatic carbocycles. The summed E-state index contributed by atoms with van der Waals surface area (Å²) in [7, 11) is 0. The maximum atomic E-state index is 12.6. The minimum atomic E-state index is -5.35. The zero-order chi connectivity index (χ0) is 29.7. The lowest BCUT2D eigenvalue weighted by molar-refractivity contribution is -0.202. The Bertz CT molecular complexity index is 1310. The van der Waals surface area contributed by atoms with Crippen LogP contribution in [0.5, 0.6) is 0 Å². The van der Waals surface area contributed by atoms with Gasteiger partial charge in [0.1, 0.15) is 0 Å². The average Bonchev–Trinajstić information content (AvgIpc) is 2.96. The molecule has 41 heavy (non-hydrogen) atoms. The number of nitrogens with zero attached hydrogens (tertiary/aromatic N) is 2. The van der Waals surface area contributed by atoms with Crippen LogP contribution in [0.4, 0.5) is 19.1 Å². The smallest absolute Gasteiger partial charge is 0.386 e. The van der Waals surface area contributed by atoms with Crippen molar-refractivity contribution in [2.45, 2.75) is 37.9 Å². The van der Waals surface area contributed by atoms with E-state index in [1.165, 1.54) is 0 Å². The van der Waals surface area contributed by atoms with Gasteiger partial charge in [0.25, 0.3) is 0 Å². The largest absolute Gasteiger partial charge is 0.491 e. The number of ether oxygens (including phenoxy) is 1. The molecule has 13 heteroatoms. The number of carbonyl (C=O) groups excluding carboxylic acids is 4. The van der Waals surface area contributed by atoms with E-state index < -0.39 is 43.0 Å². The van der Waals surface area contributed by atoms with Gasteiger partial charge in [0, 0.05) is 25.4 Å². The highest BCUT2D eigenvalue weighted by Crippen LogP contribution is 2.24. The van der Waals surface area contributed by atoms with E-state index in [4.69, 9.17) is 0 Å². The van der Waals surface area contributed by atoms with E-state index in [2.05, 4.69) is 30.7 Å². The number of halogens is 3. The second-order valence-corrected chi connectivity index (χ2v) is 8.80. The Balaban J connectivity index is 1.53. The minimum absolute atomic E-state index is 0.154. The van der Waals surface area contributed by atoms with Crippen molar-refractivity contribution in [1.82, 2.24) is 20.6 Å². The fraction of sp³-hybridized carbons (Fsp3) is 0.286. The summed E-state index contributed by atoms with van der Waals surface area (Å²) >= 11 is 0. The summed E-state index contributed by atoms with van der Waals surface area (Å²) in [5.41, 5.74) is 2.12. The molecule has 3 N–H and O–H groups in total. The van der Waals surface area contributed by atoms with Crippen molar-refractivity contribution in [1.29, 1.82) is 0 Å². The van der Waals surface area contributed by atoms with Crippen LogP contribution in [0.25, 0.3) is 11.1 Å². The van der Waals surface area contributed by atoms with Crippen LogP contribution in [0.2, 0.25) is 0 Å². The van der Waals surface area contributed by atoms with Crippen molar-refractivity contribution in [3.63, 3.8) is 0 Å². The van der Waals surface area contributed by atoms with Gasteiger partial charge in [-0.05, 0) is 35.6 Å². The van der Waals surface area contributed by atoms with E-state index in [0.717, 1.165) is 11.1 Å². The van der Waals surface area contributed by atoms with E-state index in [9.17, 15) is 32.3 Å². The first kappa shape index (κ1) is 30.7. The van der Waals surface area contributed by atoms with Crippen LogP contribution in [0.1, 0.15) is 37.3 Å². The Kier molecular flexibility index (Phi) is 11.3. The summed E-state index contributed by atoms with van der Waals surface area (Å²) in [6.45, 7) is 0.125. The minimum Gasteiger partial charge on any atom is -0.386 e. The Labute approximate surface area is 233 Å². The molecule has 1 heterocycles. The number of alkyl halides is 3. The molecule has 1 unspecified atom stereocenters. The third-order valence-electron chi connectivity index (χ3n) is 5.69. The zero-order valence-corrected chi connectivity index (χ0v) is 21.8. The van der Waals surface area contributed by atoms with Crippen LogP contribution >= 0.6 is 0 Å². The Morgan fingerprint density at radius 2 is 1.49 bits per heavy atom. The number of nitrogens with one attached hydrogen (secondary N) is 3. The summed E-state index contributed by atoms with van der Waals surface area (Å²) in [6.07, 6.45) is -1.56. The number of carbonyl (C=O) groups is 4. The molecule has 10 nitrogen and oxygen atoms in total. The lowest BCUT2D eigenvalue weighted by atomic mass is 9.99. The first-order valence-electron chi connectivity index (χ1n) is 12.7. The SMILES string of the molecule is O=C(CCCCNc1ncccn1)NCC(=O)NC(CC(=O)OC(=O)C(F)(F)F)c1ccc(-c2ccccc2)cc1. The van der Waals surface area contributed by atoms with E-state index >= 15 is 0 Å². The first-order valence-corrected chi connectivity index (χ1v) is 12.7. The van der Waals surface area contributed by atoms with Gasteiger partial charge in [-0.1, -0.05) is 54.6 Å². The average molecular weight is 572 g/mol. The Hall–Kier alpha value is -4.81. The molecule has 0 saturated carbocycles. The second-order valence-electron chi connectivity index (χ2n) is 8.80. The maximum Gasteiger partial charge on any atom is 0.491 e. The fourth-order valence-corrected chi connectivity index (χ4v) is 3.67. The van der Waals surface area contributed by atoms with Crippen LogP contribution in [-0.2, 0) is 23.9 Å². The van der Waals surface area contributed by atoms with Crippen molar-refractivity contribution in [3.8, 4) is 11.1 Å². The predicted molar refractivity (Wildman–Crippen MR) is 142 cm³/mol. The highest BCUT2D eigenvalue weighted by Gasteiger charge is 2.42. The summed E-state index contributed by atoms with van der Waals surface area (Å²) in [6, 6.07) is 16.5. The van der Waals surface area contributed by atoms with Gasteiger partial charge in [-0.2, -0.15) is 13.2 Å².